The first kappa shape index (κ1) is 13.9. The minimum atomic E-state index is -0.792. The number of carboxylic acids is 1. The maximum atomic E-state index is 10.8. The predicted octanol–water partition coefficient (Wildman–Crippen LogP) is 2.25. The van der Waals surface area contributed by atoms with Gasteiger partial charge in [-0.3, -0.25) is 15.1 Å². The molecule has 2 atom stereocenters. The van der Waals surface area contributed by atoms with Gasteiger partial charge < -0.3 is 10.4 Å². The maximum absolute atomic E-state index is 10.8. The molecule has 2 aromatic rings. The first-order valence-electron chi connectivity index (χ1n) is 7.05. The summed E-state index contributed by atoms with van der Waals surface area (Å²) in [7, 11) is 0. The van der Waals surface area contributed by atoms with Gasteiger partial charge in [0.15, 0.2) is 0 Å². The molecule has 1 aliphatic heterocycles. The molecule has 0 spiro atoms. The molecule has 1 saturated heterocycles. The van der Waals surface area contributed by atoms with Crippen LogP contribution in [0.1, 0.15) is 6.42 Å². The van der Waals surface area contributed by atoms with Gasteiger partial charge in [-0.05, 0) is 35.2 Å². The quantitative estimate of drug-likeness (QED) is 0.735. The van der Waals surface area contributed by atoms with Crippen molar-refractivity contribution in [3.63, 3.8) is 0 Å². The second-order valence-electron chi connectivity index (χ2n) is 5.38. The van der Waals surface area contributed by atoms with Gasteiger partial charge in [0.25, 0.3) is 0 Å². The fraction of sp³-hybridized carbons (Fsp3) is 0.312. The van der Waals surface area contributed by atoms with E-state index in [1.54, 1.807) is 0 Å². The number of anilines is 1. The van der Waals surface area contributed by atoms with E-state index in [9.17, 15) is 4.79 Å². The third kappa shape index (κ3) is 3.32. The van der Waals surface area contributed by atoms with Crippen molar-refractivity contribution in [2.24, 2.45) is 5.92 Å². The van der Waals surface area contributed by atoms with Gasteiger partial charge in [-0.1, -0.05) is 30.3 Å². The molecule has 0 aromatic heterocycles. The van der Waals surface area contributed by atoms with Crippen molar-refractivity contribution in [2.45, 2.75) is 12.5 Å². The highest BCUT2D eigenvalue weighted by molar-refractivity contribution is 5.85. The highest BCUT2D eigenvalue weighted by Crippen LogP contribution is 2.19. The summed E-state index contributed by atoms with van der Waals surface area (Å²) in [6, 6.07) is 13.7. The van der Waals surface area contributed by atoms with Gasteiger partial charge in [0.2, 0.25) is 0 Å². The normalized spacial score (nSPS) is 21.5. The molecule has 0 saturated carbocycles. The molecular formula is C16H18N2O3. The Hall–Kier alpha value is -2.11. The molecule has 3 N–H and O–H groups in total. The van der Waals surface area contributed by atoms with Crippen molar-refractivity contribution in [2.75, 3.05) is 18.6 Å². The monoisotopic (exact) mass is 286 g/mol. The largest absolute Gasteiger partial charge is 0.480 e. The highest BCUT2D eigenvalue weighted by Gasteiger charge is 2.29. The van der Waals surface area contributed by atoms with Crippen molar-refractivity contribution in [1.82, 2.24) is 5.32 Å². The van der Waals surface area contributed by atoms with E-state index in [-0.39, 0.29) is 5.92 Å². The number of carbonyl (C=O) groups is 1. The van der Waals surface area contributed by atoms with Crippen LogP contribution in [-0.2, 0) is 9.63 Å². The summed E-state index contributed by atoms with van der Waals surface area (Å²) in [6.45, 7) is 1.17. The molecule has 1 fully saturated rings. The minimum Gasteiger partial charge on any atom is -0.480 e. The van der Waals surface area contributed by atoms with Gasteiger partial charge in [0, 0.05) is 6.54 Å². The number of carboxylic acid groups (broad SMARTS) is 1. The van der Waals surface area contributed by atoms with E-state index in [1.165, 1.54) is 5.39 Å². The summed E-state index contributed by atoms with van der Waals surface area (Å²) < 4.78 is 0. The minimum absolute atomic E-state index is 0.221. The first-order valence-corrected chi connectivity index (χ1v) is 7.05. The van der Waals surface area contributed by atoms with Crippen molar-refractivity contribution in [3.8, 4) is 0 Å². The van der Waals surface area contributed by atoms with E-state index >= 15 is 0 Å². The van der Waals surface area contributed by atoms with Crippen LogP contribution in [-0.4, -0.2) is 30.3 Å². The van der Waals surface area contributed by atoms with Crippen molar-refractivity contribution < 1.29 is 14.7 Å². The predicted molar refractivity (Wildman–Crippen MR) is 81.1 cm³/mol. The molecule has 5 heteroatoms. The van der Waals surface area contributed by atoms with Crippen molar-refractivity contribution in [3.05, 3.63) is 42.5 Å². The Morgan fingerprint density at radius 2 is 2.10 bits per heavy atom. The van der Waals surface area contributed by atoms with Gasteiger partial charge in [0.1, 0.15) is 6.04 Å². The maximum Gasteiger partial charge on any atom is 0.320 e. The molecule has 1 aliphatic rings. The fourth-order valence-corrected chi connectivity index (χ4v) is 2.62. The lowest BCUT2D eigenvalue weighted by Crippen LogP contribution is -2.29. The number of benzene rings is 2. The molecule has 0 aliphatic carbocycles. The van der Waals surface area contributed by atoms with Crippen LogP contribution in [0, 0.1) is 5.92 Å². The molecular weight excluding hydrogens is 268 g/mol. The topological polar surface area (TPSA) is 70.6 Å². The molecule has 1 heterocycles. The number of hydrogen-bond donors (Lipinski definition) is 3. The van der Waals surface area contributed by atoms with E-state index in [2.05, 4.69) is 22.9 Å². The van der Waals surface area contributed by atoms with Crippen molar-refractivity contribution in [1.29, 1.82) is 0 Å². The first-order chi connectivity index (χ1) is 10.2. The molecule has 0 bridgehead atoms. The van der Waals surface area contributed by atoms with Gasteiger partial charge in [-0.15, -0.1) is 0 Å². The summed E-state index contributed by atoms with van der Waals surface area (Å²) in [5.74, 6) is -0.570. The molecule has 0 amide bonds. The molecule has 1 unspecified atom stereocenters. The van der Waals surface area contributed by atoms with E-state index in [0.717, 1.165) is 11.1 Å². The van der Waals surface area contributed by atoms with Gasteiger partial charge in [-0.2, -0.15) is 0 Å². The van der Waals surface area contributed by atoms with Crippen LogP contribution in [0.3, 0.4) is 0 Å². The third-order valence-corrected chi connectivity index (χ3v) is 3.78. The summed E-state index contributed by atoms with van der Waals surface area (Å²) in [5, 5.41) is 14.2. The molecule has 3 rings (SSSR count). The van der Waals surface area contributed by atoms with Crippen LogP contribution < -0.4 is 10.8 Å². The Morgan fingerprint density at radius 3 is 2.86 bits per heavy atom. The Bertz CT molecular complexity index is 644. The molecule has 21 heavy (non-hydrogen) atoms. The average molecular weight is 286 g/mol. The Kier molecular flexibility index (Phi) is 4.03. The van der Waals surface area contributed by atoms with E-state index in [4.69, 9.17) is 9.94 Å². The second kappa shape index (κ2) is 6.11. The number of rotatable bonds is 5. The molecule has 2 aromatic carbocycles. The Morgan fingerprint density at radius 1 is 1.29 bits per heavy atom. The fourth-order valence-electron chi connectivity index (χ4n) is 2.62. The van der Waals surface area contributed by atoms with Crippen LogP contribution in [0.5, 0.6) is 0 Å². The average Bonchev–Trinajstić information content (AvgIpc) is 2.96. The Labute approximate surface area is 122 Å². The number of hydrogen-bond acceptors (Lipinski definition) is 4. The lowest BCUT2D eigenvalue weighted by Gasteiger charge is -2.11. The third-order valence-electron chi connectivity index (χ3n) is 3.78. The van der Waals surface area contributed by atoms with Crippen molar-refractivity contribution >= 4 is 22.4 Å². The zero-order chi connectivity index (χ0) is 14.7. The summed E-state index contributed by atoms with van der Waals surface area (Å²) in [4.78, 5) is 16.3. The zero-order valence-electron chi connectivity index (χ0n) is 11.6. The van der Waals surface area contributed by atoms with Crippen LogP contribution >= 0.6 is 0 Å². The van der Waals surface area contributed by atoms with E-state index in [1.807, 2.05) is 30.3 Å². The highest BCUT2D eigenvalue weighted by atomic mass is 16.6. The van der Waals surface area contributed by atoms with E-state index < -0.39 is 12.0 Å². The molecule has 0 radical (unpaired) electrons. The van der Waals surface area contributed by atoms with Crippen LogP contribution in [0.25, 0.3) is 10.8 Å². The van der Waals surface area contributed by atoms with Crippen LogP contribution in [0.2, 0.25) is 0 Å². The Balaban J connectivity index is 1.52. The zero-order valence-corrected chi connectivity index (χ0v) is 11.6. The number of fused-ring (bicyclic) bond motifs is 1. The second-order valence-corrected chi connectivity index (χ2v) is 5.38. The summed E-state index contributed by atoms with van der Waals surface area (Å²) in [6.07, 6.45) is 0.606. The summed E-state index contributed by atoms with van der Waals surface area (Å²) in [5.41, 5.74) is 3.83. The number of nitrogens with one attached hydrogen (secondary N) is 2. The number of aliphatic carboxylic acids is 1. The summed E-state index contributed by atoms with van der Waals surface area (Å²) >= 11 is 0. The smallest absolute Gasteiger partial charge is 0.320 e. The SMILES string of the molecule is O=C(O)[C@@H]1CC(CONc2ccc3ccccc3c2)CN1. The standard InChI is InChI=1S/C16H18N2O3/c19-16(20)15-7-11(9-17-15)10-21-18-14-6-5-12-3-1-2-4-13(12)8-14/h1-6,8,11,15,17-18H,7,9-10H2,(H,19,20)/t11?,15-/m0/s1. The molecule has 5 nitrogen and oxygen atoms in total. The van der Waals surface area contributed by atoms with Crippen LogP contribution in [0.4, 0.5) is 5.69 Å². The lowest BCUT2D eigenvalue weighted by molar-refractivity contribution is -0.139. The van der Waals surface area contributed by atoms with E-state index in [0.29, 0.717) is 19.6 Å². The lowest BCUT2D eigenvalue weighted by atomic mass is 10.1. The van der Waals surface area contributed by atoms with Gasteiger partial charge in [-0.25, -0.2) is 0 Å². The van der Waals surface area contributed by atoms with Gasteiger partial charge in [0.05, 0.1) is 12.3 Å². The van der Waals surface area contributed by atoms with Crippen LogP contribution in [0.15, 0.2) is 42.5 Å². The van der Waals surface area contributed by atoms with Gasteiger partial charge >= 0.3 is 5.97 Å². The molecule has 110 valence electrons.